The van der Waals surface area contributed by atoms with Gasteiger partial charge in [0.15, 0.2) is 5.75 Å². The van der Waals surface area contributed by atoms with Crippen molar-refractivity contribution in [3.63, 3.8) is 0 Å². The first-order valence-electron chi connectivity index (χ1n) is 7.56. The lowest BCUT2D eigenvalue weighted by Gasteiger charge is -2.07. The highest BCUT2D eigenvalue weighted by atomic mass is 16.5. The van der Waals surface area contributed by atoms with Gasteiger partial charge in [0.05, 0.1) is 12.4 Å². The van der Waals surface area contributed by atoms with Crippen molar-refractivity contribution in [3.8, 4) is 28.8 Å². The largest absolute Gasteiger partial charge is 0.437 e. The van der Waals surface area contributed by atoms with Crippen molar-refractivity contribution in [1.29, 1.82) is 0 Å². The van der Waals surface area contributed by atoms with Crippen molar-refractivity contribution in [3.05, 3.63) is 66.7 Å². The lowest BCUT2D eigenvalue weighted by atomic mass is 10.3. The molecule has 8 heteroatoms. The van der Waals surface area contributed by atoms with Gasteiger partial charge in [-0.05, 0) is 42.0 Å². The second kappa shape index (κ2) is 6.44. The van der Waals surface area contributed by atoms with E-state index in [1.54, 1.807) is 36.9 Å². The summed E-state index contributed by atoms with van der Waals surface area (Å²) in [4.78, 5) is 13.9. The van der Waals surface area contributed by atoms with Crippen molar-refractivity contribution >= 4 is 0 Å². The van der Waals surface area contributed by atoms with Gasteiger partial charge in [-0.15, -0.1) is 15.0 Å². The fourth-order valence-corrected chi connectivity index (χ4v) is 2.14. The van der Waals surface area contributed by atoms with Crippen LogP contribution in [0.3, 0.4) is 0 Å². The van der Waals surface area contributed by atoms with Gasteiger partial charge in [-0.2, -0.15) is 0 Å². The van der Waals surface area contributed by atoms with Crippen LogP contribution in [-0.4, -0.2) is 35.2 Å². The van der Waals surface area contributed by atoms with E-state index in [1.807, 2.05) is 31.2 Å². The van der Waals surface area contributed by atoms with Crippen LogP contribution < -0.4 is 4.74 Å². The number of aryl methyl sites for hydroxylation is 1. The lowest BCUT2D eigenvalue weighted by Crippen LogP contribution is -2.00. The van der Waals surface area contributed by atoms with Gasteiger partial charge in [0.2, 0.25) is 11.7 Å². The molecule has 4 heterocycles. The Balaban J connectivity index is 1.55. The molecule has 0 unspecified atom stereocenters. The van der Waals surface area contributed by atoms with Gasteiger partial charge in [-0.3, -0.25) is 9.97 Å². The zero-order valence-electron chi connectivity index (χ0n) is 13.3. The molecule has 0 amide bonds. The number of rotatable bonds is 4. The summed E-state index contributed by atoms with van der Waals surface area (Å²) in [6.07, 6.45) is 6.67. The zero-order valence-corrected chi connectivity index (χ0v) is 13.3. The number of ether oxygens (including phenoxy) is 1. The topological polar surface area (TPSA) is 91.5 Å². The Morgan fingerprint density at radius 3 is 2.68 bits per heavy atom. The standard InChI is InChI=1S/C17H13N7O/c1-12-7-9-18-11-15(12)25-16-6-5-13(10-20-16)24-22-17(21-23-24)14-4-2-3-8-19-14/h2-11H,1H3. The molecule has 0 radical (unpaired) electrons. The van der Waals surface area contributed by atoms with Gasteiger partial charge >= 0.3 is 0 Å². The molecule has 4 aromatic rings. The van der Waals surface area contributed by atoms with Crippen molar-refractivity contribution in [1.82, 2.24) is 35.2 Å². The fourth-order valence-electron chi connectivity index (χ4n) is 2.14. The molecule has 0 aromatic carbocycles. The number of tetrazole rings is 1. The molecular formula is C17H13N7O. The number of hydrogen-bond donors (Lipinski definition) is 0. The summed E-state index contributed by atoms with van der Waals surface area (Å²) in [5.41, 5.74) is 2.32. The summed E-state index contributed by atoms with van der Waals surface area (Å²) >= 11 is 0. The van der Waals surface area contributed by atoms with Crippen LogP contribution in [0.2, 0.25) is 0 Å². The van der Waals surface area contributed by atoms with Gasteiger partial charge < -0.3 is 4.74 Å². The van der Waals surface area contributed by atoms with Crippen molar-refractivity contribution < 1.29 is 4.74 Å². The maximum atomic E-state index is 5.73. The third-order valence-electron chi connectivity index (χ3n) is 3.46. The average molecular weight is 331 g/mol. The van der Waals surface area contributed by atoms with E-state index in [-0.39, 0.29) is 0 Å². The van der Waals surface area contributed by atoms with Crippen LogP contribution in [0.15, 0.2) is 61.2 Å². The van der Waals surface area contributed by atoms with Crippen LogP contribution in [0.4, 0.5) is 0 Å². The van der Waals surface area contributed by atoms with Crippen LogP contribution >= 0.6 is 0 Å². The molecule has 0 aliphatic heterocycles. The first kappa shape index (κ1) is 14.9. The molecule has 0 saturated heterocycles. The SMILES string of the molecule is Cc1ccncc1Oc1ccc(-n2nnc(-c3ccccn3)n2)cn1. The minimum absolute atomic E-state index is 0.451. The van der Waals surface area contributed by atoms with E-state index < -0.39 is 0 Å². The van der Waals surface area contributed by atoms with Crippen molar-refractivity contribution in [2.45, 2.75) is 6.92 Å². The maximum absolute atomic E-state index is 5.73. The summed E-state index contributed by atoms with van der Waals surface area (Å²) in [7, 11) is 0. The summed E-state index contributed by atoms with van der Waals surface area (Å²) in [5.74, 6) is 1.58. The summed E-state index contributed by atoms with van der Waals surface area (Å²) in [5, 5.41) is 12.4. The second-order valence-corrected chi connectivity index (χ2v) is 5.22. The summed E-state index contributed by atoms with van der Waals surface area (Å²) in [6.45, 7) is 1.95. The highest BCUT2D eigenvalue weighted by Gasteiger charge is 2.09. The summed E-state index contributed by atoms with van der Waals surface area (Å²) < 4.78 is 5.73. The van der Waals surface area contributed by atoms with Crippen LogP contribution in [0, 0.1) is 6.92 Å². The molecule has 4 rings (SSSR count). The Bertz CT molecular complexity index is 983. The van der Waals surface area contributed by atoms with E-state index >= 15 is 0 Å². The quantitative estimate of drug-likeness (QED) is 0.567. The van der Waals surface area contributed by atoms with Gasteiger partial charge in [0, 0.05) is 18.5 Å². The van der Waals surface area contributed by atoms with E-state index in [9.17, 15) is 0 Å². The first-order chi connectivity index (χ1) is 12.3. The van der Waals surface area contributed by atoms with Gasteiger partial charge in [-0.25, -0.2) is 4.98 Å². The number of pyridine rings is 3. The van der Waals surface area contributed by atoms with Crippen LogP contribution in [-0.2, 0) is 0 Å². The van der Waals surface area contributed by atoms with Gasteiger partial charge in [0.1, 0.15) is 11.4 Å². The summed E-state index contributed by atoms with van der Waals surface area (Å²) in [6, 6.07) is 11.0. The Hall–Kier alpha value is -3.68. The molecule has 4 aromatic heterocycles. The number of hydrogen-bond acceptors (Lipinski definition) is 7. The fraction of sp³-hybridized carbons (Fsp3) is 0.0588. The minimum Gasteiger partial charge on any atom is -0.437 e. The molecule has 25 heavy (non-hydrogen) atoms. The third-order valence-corrected chi connectivity index (χ3v) is 3.46. The first-order valence-corrected chi connectivity index (χ1v) is 7.56. The molecule has 0 fully saturated rings. The third kappa shape index (κ3) is 3.18. The van der Waals surface area contributed by atoms with Crippen molar-refractivity contribution in [2.24, 2.45) is 0 Å². The van der Waals surface area contributed by atoms with Crippen LogP contribution in [0.25, 0.3) is 17.2 Å². The smallest absolute Gasteiger partial charge is 0.223 e. The number of aromatic nitrogens is 7. The van der Waals surface area contributed by atoms with E-state index in [0.717, 1.165) is 5.56 Å². The molecule has 0 spiro atoms. The lowest BCUT2D eigenvalue weighted by molar-refractivity contribution is 0.457. The molecule has 122 valence electrons. The molecular weight excluding hydrogens is 318 g/mol. The maximum Gasteiger partial charge on any atom is 0.223 e. The highest BCUT2D eigenvalue weighted by molar-refractivity contribution is 5.47. The van der Waals surface area contributed by atoms with Gasteiger partial charge in [0.25, 0.3) is 0 Å². The minimum atomic E-state index is 0.451. The van der Waals surface area contributed by atoms with E-state index in [2.05, 4.69) is 30.4 Å². The Kier molecular flexibility index (Phi) is 3.83. The van der Waals surface area contributed by atoms with E-state index in [4.69, 9.17) is 4.74 Å². The Morgan fingerprint density at radius 2 is 1.92 bits per heavy atom. The number of nitrogens with zero attached hydrogens (tertiary/aromatic N) is 7. The second-order valence-electron chi connectivity index (χ2n) is 5.22. The molecule has 8 nitrogen and oxygen atoms in total. The van der Waals surface area contributed by atoms with Crippen molar-refractivity contribution in [2.75, 3.05) is 0 Å². The van der Waals surface area contributed by atoms with Crippen LogP contribution in [0.5, 0.6) is 11.6 Å². The predicted molar refractivity (Wildman–Crippen MR) is 89.2 cm³/mol. The molecule has 0 bridgehead atoms. The van der Waals surface area contributed by atoms with E-state index in [1.165, 1.54) is 4.80 Å². The molecule has 0 atom stereocenters. The normalized spacial score (nSPS) is 10.6. The molecule has 0 aliphatic carbocycles. The molecule has 0 saturated carbocycles. The predicted octanol–water partition coefficient (Wildman–Crippen LogP) is 2.62. The Labute approximate surface area is 143 Å². The van der Waals surface area contributed by atoms with Crippen LogP contribution in [0.1, 0.15) is 5.56 Å². The van der Waals surface area contributed by atoms with E-state index in [0.29, 0.717) is 28.8 Å². The molecule has 0 aliphatic rings. The molecule has 0 N–H and O–H groups in total. The zero-order chi connectivity index (χ0) is 17.1. The van der Waals surface area contributed by atoms with Gasteiger partial charge in [-0.1, -0.05) is 6.07 Å². The highest BCUT2D eigenvalue weighted by Crippen LogP contribution is 2.22. The average Bonchev–Trinajstić information content (AvgIpc) is 3.15. The Morgan fingerprint density at radius 1 is 0.960 bits per heavy atom. The monoisotopic (exact) mass is 331 g/mol.